The van der Waals surface area contributed by atoms with Gasteiger partial charge in [0.2, 0.25) is 0 Å². The second-order valence-electron chi connectivity index (χ2n) is 4.94. The van der Waals surface area contributed by atoms with Crippen LogP contribution in [-0.4, -0.2) is 22.6 Å². The number of hydrogen-bond donors (Lipinski definition) is 1. The van der Waals surface area contributed by atoms with Crippen LogP contribution in [0.2, 0.25) is 10.0 Å². The highest BCUT2D eigenvalue weighted by molar-refractivity contribution is 7.92. The third kappa shape index (κ3) is 4.28. The summed E-state index contributed by atoms with van der Waals surface area (Å²) in [5, 5.41) is -0.301. The van der Waals surface area contributed by atoms with E-state index in [1.54, 1.807) is 0 Å². The van der Waals surface area contributed by atoms with Crippen molar-refractivity contribution >= 4 is 38.9 Å². The van der Waals surface area contributed by atoms with Crippen molar-refractivity contribution in [2.45, 2.75) is 11.1 Å². The van der Waals surface area contributed by atoms with Gasteiger partial charge in [0.15, 0.2) is 0 Å². The molecule has 2 aromatic rings. The Bertz CT molecular complexity index is 933. The summed E-state index contributed by atoms with van der Waals surface area (Å²) in [5.74, 6) is 0.279. The van der Waals surface area contributed by atoms with Gasteiger partial charge in [0.1, 0.15) is 16.4 Å². The molecule has 0 unspecified atom stereocenters. The van der Waals surface area contributed by atoms with Crippen molar-refractivity contribution in [2.75, 3.05) is 18.9 Å². The van der Waals surface area contributed by atoms with Gasteiger partial charge in [-0.3, -0.25) is 4.72 Å². The second kappa shape index (κ2) is 7.42. The van der Waals surface area contributed by atoms with E-state index >= 15 is 0 Å². The quantitative estimate of drug-likeness (QED) is 0.738. The van der Waals surface area contributed by atoms with E-state index in [9.17, 15) is 21.6 Å². The highest BCUT2D eigenvalue weighted by Gasteiger charge is 2.33. The van der Waals surface area contributed by atoms with Crippen molar-refractivity contribution in [3.8, 4) is 11.5 Å². The average molecular weight is 430 g/mol. The van der Waals surface area contributed by atoms with Crippen LogP contribution in [0, 0.1) is 0 Å². The molecule has 0 spiro atoms. The zero-order valence-corrected chi connectivity index (χ0v) is 15.6. The molecule has 26 heavy (non-hydrogen) atoms. The summed E-state index contributed by atoms with van der Waals surface area (Å²) in [7, 11) is -1.83. The lowest BCUT2D eigenvalue weighted by Gasteiger charge is -2.15. The molecule has 0 fully saturated rings. The van der Waals surface area contributed by atoms with Gasteiger partial charge < -0.3 is 9.47 Å². The minimum Gasteiger partial charge on any atom is -0.495 e. The lowest BCUT2D eigenvalue weighted by molar-refractivity contribution is -0.137. The van der Waals surface area contributed by atoms with E-state index in [4.69, 9.17) is 32.7 Å². The van der Waals surface area contributed by atoms with Gasteiger partial charge >= 0.3 is 6.18 Å². The first kappa shape index (κ1) is 20.5. The molecule has 11 heteroatoms. The summed E-state index contributed by atoms with van der Waals surface area (Å²) in [5.41, 5.74) is -1.24. The third-order valence-electron chi connectivity index (χ3n) is 3.27. The smallest absolute Gasteiger partial charge is 0.416 e. The molecular formula is C15H12Cl2F3NO4S. The van der Waals surface area contributed by atoms with E-state index < -0.39 is 26.7 Å². The molecule has 0 aliphatic rings. The number of anilines is 1. The van der Waals surface area contributed by atoms with E-state index in [2.05, 4.69) is 4.72 Å². The van der Waals surface area contributed by atoms with Gasteiger partial charge in [-0.05, 0) is 24.3 Å². The fourth-order valence-corrected chi connectivity index (χ4v) is 3.85. The fourth-order valence-electron chi connectivity index (χ4n) is 2.03. The molecule has 2 aromatic carbocycles. The summed E-state index contributed by atoms with van der Waals surface area (Å²) in [4.78, 5) is -0.733. The standard InChI is InChI=1S/C15H12Cl2F3NO4S/c1-24-12-7-13(25-2)11(6-10(12)17)21-26(22,23)14-5-8(15(18,19)20)3-4-9(14)16/h3-7,21H,1-2H3. The molecular weight excluding hydrogens is 418 g/mol. The molecule has 0 amide bonds. The van der Waals surface area contributed by atoms with Crippen LogP contribution in [0.1, 0.15) is 5.56 Å². The highest BCUT2D eigenvalue weighted by atomic mass is 35.5. The summed E-state index contributed by atoms with van der Waals surface area (Å²) in [6.07, 6.45) is -4.73. The number of ether oxygens (including phenoxy) is 2. The van der Waals surface area contributed by atoms with Crippen molar-refractivity contribution < 1.29 is 31.1 Å². The summed E-state index contributed by atoms with van der Waals surface area (Å²) >= 11 is 11.7. The minimum atomic E-state index is -4.73. The Balaban J connectivity index is 2.52. The van der Waals surface area contributed by atoms with E-state index in [0.29, 0.717) is 12.1 Å². The Hall–Kier alpha value is -1.84. The lowest BCUT2D eigenvalue weighted by atomic mass is 10.2. The van der Waals surface area contributed by atoms with Crippen LogP contribution in [0.3, 0.4) is 0 Å². The normalized spacial score (nSPS) is 12.0. The van der Waals surface area contributed by atoms with Crippen LogP contribution < -0.4 is 14.2 Å². The molecule has 2 rings (SSSR count). The predicted octanol–water partition coefficient (Wildman–Crippen LogP) is 4.83. The molecule has 0 atom stereocenters. The first-order chi connectivity index (χ1) is 12.0. The summed E-state index contributed by atoms with van der Waals surface area (Å²) in [6, 6.07) is 4.53. The van der Waals surface area contributed by atoms with Crippen molar-refractivity contribution in [2.24, 2.45) is 0 Å². The van der Waals surface area contributed by atoms with Gasteiger partial charge in [-0.1, -0.05) is 23.2 Å². The SMILES string of the molecule is COc1cc(OC)c(NS(=O)(=O)c2cc(C(F)(F)F)ccc2Cl)cc1Cl. The van der Waals surface area contributed by atoms with Crippen molar-refractivity contribution in [3.63, 3.8) is 0 Å². The van der Waals surface area contributed by atoms with Gasteiger partial charge in [0, 0.05) is 6.07 Å². The first-order valence-corrected chi connectivity index (χ1v) is 9.04. The maximum absolute atomic E-state index is 12.9. The monoisotopic (exact) mass is 429 g/mol. The number of nitrogens with one attached hydrogen (secondary N) is 1. The van der Waals surface area contributed by atoms with Crippen LogP contribution in [0.25, 0.3) is 0 Å². The topological polar surface area (TPSA) is 64.6 Å². The number of methoxy groups -OCH3 is 2. The molecule has 0 heterocycles. The average Bonchev–Trinajstić information content (AvgIpc) is 2.54. The molecule has 0 aromatic heterocycles. The van der Waals surface area contributed by atoms with Gasteiger partial charge in [-0.2, -0.15) is 13.2 Å². The molecule has 0 radical (unpaired) electrons. The van der Waals surface area contributed by atoms with Crippen LogP contribution in [0.4, 0.5) is 18.9 Å². The van der Waals surface area contributed by atoms with E-state index in [1.165, 1.54) is 26.4 Å². The van der Waals surface area contributed by atoms with Crippen LogP contribution in [-0.2, 0) is 16.2 Å². The Labute approximate surface area is 157 Å². The lowest BCUT2D eigenvalue weighted by Crippen LogP contribution is -2.16. The largest absolute Gasteiger partial charge is 0.495 e. The van der Waals surface area contributed by atoms with Gasteiger partial charge in [0.25, 0.3) is 10.0 Å². The molecule has 0 bridgehead atoms. The van der Waals surface area contributed by atoms with Crippen molar-refractivity contribution in [3.05, 3.63) is 45.9 Å². The molecule has 0 aliphatic carbocycles. The van der Waals surface area contributed by atoms with E-state index in [0.717, 1.165) is 6.07 Å². The zero-order valence-electron chi connectivity index (χ0n) is 13.3. The number of halogens is 5. The van der Waals surface area contributed by atoms with Gasteiger partial charge in [-0.25, -0.2) is 8.42 Å². The molecule has 0 saturated heterocycles. The molecule has 1 N–H and O–H groups in total. The Morgan fingerprint density at radius 2 is 1.58 bits per heavy atom. The molecule has 0 aliphatic heterocycles. The number of benzene rings is 2. The predicted molar refractivity (Wildman–Crippen MR) is 91.8 cm³/mol. The van der Waals surface area contributed by atoms with Crippen LogP contribution >= 0.6 is 23.2 Å². The van der Waals surface area contributed by atoms with Gasteiger partial charge in [-0.15, -0.1) is 0 Å². The van der Waals surface area contributed by atoms with Crippen LogP contribution in [0.15, 0.2) is 35.2 Å². The van der Waals surface area contributed by atoms with E-state index in [-0.39, 0.29) is 27.2 Å². The third-order valence-corrected chi connectivity index (χ3v) is 5.41. The van der Waals surface area contributed by atoms with Crippen molar-refractivity contribution in [1.29, 1.82) is 0 Å². The maximum Gasteiger partial charge on any atom is 0.416 e. The fraction of sp³-hybridized carbons (Fsp3) is 0.200. The van der Waals surface area contributed by atoms with Crippen molar-refractivity contribution in [1.82, 2.24) is 0 Å². The number of sulfonamides is 1. The molecule has 5 nitrogen and oxygen atoms in total. The Morgan fingerprint density at radius 1 is 0.962 bits per heavy atom. The van der Waals surface area contributed by atoms with Crippen LogP contribution in [0.5, 0.6) is 11.5 Å². The highest BCUT2D eigenvalue weighted by Crippen LogP contribution is 2.38. The first-order valence-electron chi connectivity index (χ1n) is 6.80. The Morgan fingerprint density at radius 3 is 2.12 bits per heavy atom. The van der Waals surface area contributed by atoms with Gasteiger partial charge in [0.05, 0.1) is 35.5 Å². The number of alkyl halides is 3. The Kier molecular flexibility index (Phi) is 5.84. The summed E-state index contributed by atoms with van der Waals surface area (Å²) in [6.45, 7) is 0. The molecule has 142 valence electrons. The zero-order chi connectivity index (χ0) is 19.7. The number of hydrogen-bond acceptors (Lipinski definition) is 4. The van der Waals surface area contributed by atoms with E-state index in [1.807, 2.05) is 0 Å². The minimum absolute atomic E-state index is 0.0536. The second-order valence-corrected chi connectivity index (χ2v) is 7.40. The summed E-state index contributed by atoms with van der Waals surface area (Å²) < 4.78 is 75.8. The maximum atomic E-state index is 12.9. The number of rotatable bonds is 5. The molecule has 0 saturated carbocycles.